The van der Waals surface area contributed by atoms with Gasteiger partial charge in [-0.2, -0.15) is 0 Å². The first kappa shape index (κ1) is 13.3. The molecule has 0 saturated carbocycles. The Morgan fingerprint density at radius 1 is 1.19 bits per heavy atom. The highest BCUT2D eigenvalue weighted by molar-refractivity contribution is 5.15. The first-order chi connectivity index (χ1) is 7.27. The third-order valence-corrected chi connectivity index (χ3v) is 3.18. The Balaban J connectivity index is 2.84. The third-order valence-electron chi connectivity index (χ3n) is 3.18. The maximum atomic E-state index is 4.55. The lowest BCUT2D eigenvalue weighted by Gasteiger charge is -2.22. The summed E-state index contributed by atoms with van der Waals surface area (Å²) in [4.78, 5) is 8.04. The molecule has 0 spiro atoms. The van der Waals surface area contributed by atoms with Crippen LogP contribution in [-0.2, 0) is 10.8 Å². The lowest BCUT2D eigenvalue weighted by Crippen LogP contribution is -2.20. The molecule has 0 unspecified atom stereocenters. The number of imidazole rings is 1. The molecule has 0 aliphatic rings. The molecular weight excluding hydrogens is 196 g/mol. The number of nitrogens with zero attached hydrogens (tertiary/aromatic N) is 1. The number of aromatic nitrogens is 2. The van der Waals surface area contributed by atoms with Crippen molar-refractivity contribution in [2.24, 2.45) is 0 Å². The molecule has 0 aliphatic heterocycles. The van der Waals surface area contributed by atoms with Gasteiger partial charge in [0.05, 0.1) is 0 Å². The van der Waals surface area contributed by atoms with Crippen molar-refractivity contribution >= 4 is 0 Å². The van der Waals surface area contributed by atoms with Crippen molar-refractivity contribution in [3.8, 4) is 0 Å². The lowest BCUT2D eigenvalue weighted by molar-refractivity contribution is 0.433. The highest BCUT2D eigenvalue weighted by atomic mass is 14.9. The molecule has 2 heteroatoms. The van der Waals surface area contributed by atoms with E-state index in [1.54, 1.807) is 0 Å². The van der Waals surface area contributed by atoms with Crippen LogP contribution in [0, 0.1) is 0 Å². The van der Waals surface area contributed by atoms with E-state index in [4.69, 9.17) is 0 Å². The first-order valence-corrected chi connectivity index (χ1v) is 6.33. The van der Waals surface area contributed by atoms with Gasteiger partial charge in [-0.1, -0.05) is 54.4 Å². The summed E-state index contributed by atoms with van der Waals surface area (Å²) in [6, 6.07) is 0. The maximum Gasteiger partial charge on any atom is 0.111 e. The molecule has 0 amide bonds. The number of hydrogen-bond acceptors (Lipinski definition) is 1. The van der Waals surface area contributed by atoms with Gasteiger partial charge in [-0.05, 0) is 6.42 Å². The predicted molar refractivity (Wildman–Crippen MR) is 69.8 cm³/mol. The van der Waals surface area contributed by atoms with Crippen LogP contribution in [0.5, 0.6) is 0 Å². The number of aromatic amines is 1. The summed E-state index contributed by atoms with van der Waals surface area (Å²) in [6.07, 6.45) is 5.69. The lowest BCUT2D eigenvalue weighted by atomic mass is 9.86. The second kappa shape index (κ2) is 4.60. The SMILES string of the molecule is CCCCC(C)(C)c1ncc(C(C)(C)C)[nH]1. The molecule has 1 rings (SSSR count). The van der Waals surface area contributed by atoms with E-state index < -0.39 is 0 Å². The van der Waals surface area contributed by atoms with Crippen LogP contribution in [0.3, 0.4) is 0 Å². The van der Waals surface area contributed by atoms with E-state index in [1.807, 2.05) is 6.20 Å². The molecule has 0 saturated heterocycles. The van der Waals surface area contributed by atoms with Crippen LogP contribution in [0.15, 0.2) is 6.20 Å². The van der Waals surface area contributed by atoms with Crippen LogP contribution in [0.25, 0.3) is 0 Å². The van der Waals surface area contributed by atoms with Gasteiger partial charge in [0.2, 0.25) is 0 Å². The predicted octanol–water partition coefficient (Wildman–Crippen LogP) is 4.18. The van der Waals surface area contributed by atoms with E-state index in [0.29, 0.717) is 0 Å². The van der Waals surface area contributed by atoms with Crippen molar-refractivity contribution in [1.82, 2.24) is 9.97 Å². The molecule has 2 nitrogen and oxygen atoms in total. The smallest absolute Gasteiger partial charge is 0.111 e. The molecule has 0 aromatic carbocycles. The van der Waals surface area contributed by atoms with E-state index in [1.165, 1.54) is 25.0 Å². The Kier molecular flexibility index (Phi) is 3.82. The van der Waals surface area contributed by atoms with E-state index in [2.05, 4.69) is 51.5 Å². The number of hydrogen-bond donors (Lipinski definition) is 1. The zero-order valence-corrected chi connectivity index (χ0v) is 11.6. The van der Waals surface area contributed by atoms with Gasteiger partial charge < -0.3 is 4.98 Å². The highest BCUT2D eigenvalue weighted by Gasteiger charge is 2.25. The van der Waals surface area contributed by atoms with Gasteiger partial charge >= 0.3 is 0 Å². The Morgan fingerprint density at radius 2 is 1.81 bits per heavy atom. The molecule has 16 heavy (non-hydrogen) atoms. The van der Waals surface area contributed by atoms with E-state index in [9.17, 15) is 0 Å². The van der Waals surface area contributed by atoms with Crippen LogP contribution in [0.4, 0.5) is 0 Å². The van der Waals surface area contributed by atoms with E-state index >= 15 is 0 Å². The van der Waals surface area contributed by atoms with Crippen molar-refractivity contribution in [1.29, 1.82) is 0 Å². The summed E-state index contributed by atoms with van der Waals surface area (Å²) in [7, 11) is 0. The Labute approximate surface area is 99.9 Å². The van der Waals surface area contributed by atoms with Crippen LogP contribution >= 0.6 is 0 Å². The van der Waals surface area contributed by atoms with Crippen LogP contribution in [0.1, 0.15) is 72.3 Å². The third kappa shape index (κ3) is 3.10. The quantitative estimate of drug-likeness (QED) is 0.813. The number of nitrogens with one attached hydrogen (secondary N) is 1. The molecule has 1 aromatic heterocycles. The van der Waals surface area contributed by atoms with Gasteiger partial charge in [-0.25, -0.2) is 4.98 Å². The molecule has 1 N–H and O–H groups in total. The minimum Gasteiger partial charge on any atom is -0.345 e. The second-order valence-electron chi connectivity index (χ2n) is 6.38. The van der Waals surface area contributed by atoms with Crippen molar-refractivity contribution in [2.75, 3.05) is 0 Å². The van der Waals surface area contributed by atoms with Crippen molar-refractivity contribution in [2.45, 2.75) is 71.6 Å². The summed E-state index contributed by atoms with van der Waals surface area (Å²) in [6.45, 7) is 13.4. The normalized spacial score (nSPS) is 13.1. The number of unbranched alkanes of at least 4 members (excludes halogenated alkanes) is 1. The molecule has 0 radical (unpaired) electrons. The molecule has 0 fully saturated rings. The van der Waals surface area contributed by atoms with Crippen molar-refractivity contribution in [3.05, 3.63) is 17.7 Å². The monoisotopic (exact) mass is 222 g/mol. The first-order valence-electron chi connectivity index (χ1n) is 6.33. The zero-order valence-electron chi connectivity index (χ0n) is 11.6. The van der Waals surface area contributed by atoms with Crippen LogP contribution in [-0.4, -0.2) is 9.97 Å². The van der Waals surface area contributed by atoms with Gasteiger partial charge in [0.1, 0.15) is 5.82 Å². The van der Waals surface area contributed by atoms with Gasteiger partial charge in [0.25, 0.3) is 0 Å². The van der Waals surface area contributed by atoms with Crippen molar-refractivity contribution < 1.29 is 0 Å². The molecule has 1 aromatic rings. The van der Waals surface area contributed by atoms with Gasteiger partial charge in [-0.15, -0.1) is 0 Å². The fourth-order valence-corrected chi connectivity index (χ4v) is 1.78. The Bertz CT molecular complexity index is 329. The van der Waals surface area contributed by atoms with Crippen molar-refractivity contribution in [3.63, 3.8) is 0 Å². The Hall–Kier alpha value is -0.790. The molecule has 1 heterocycles. The largest absolute Gasteiger partial charge is 0.345 e. The summed E-state index contributed by atoms with van der Waals surface area (Å²) in [5.74, 6) is 1.13. The van der Waals surface area contributed by atoms with E-state index in [-0.39, 0.29) is 10.8 Å². The number of H-pyrrole nitrogens is 1. The highest BCUT2D eigenvalue weighted by Crippen LogP contribution is 2.29. The molecule has 0 atom stereocenters. The summed E-state index contributed by atoms with van der Waals surface area (Å²) < 4.78 is 0. The maximum absolute atomic E-state index is 4.55. The second-order valence-corrected chi connectivity index (χ2v) is 6.38. The molecule has 92 valence electrons. The molecular formula is C14H26N2. The van der Waals surface area contributed by atoms with Crippen LogP contribution < -0.4 is 0 Å². The summed E-state index contributed by atoms with van der Waals surface area (Å²) >= 11 is 0. The standard InChI is InChI=1S/C14H26N2/c1-7-8-9-14(5,6)12-15-10-11(16-12)13(2,3)4/h10H,7-9H2,1-6H3,(H,15,16). The molecule has 0 aliphatic carbocycles. The van der Waals surface area contributed by atoms with Gasteiger partial charge in [0.15, 0.2) is 0 Å². The zero-order chi connectivity index (χ0) is 12.4. The average Bonchev–Trinajstić information content (AvgIpc) is 2.63. The fraction of sp³-hybridized carbons (Fsp3) is 0.786. The average molecular weight is 222 g/mol. The topological polar surface area (TPSA) is 28.7 Å². The summed E-state index contributed by atoms with van der Waals surface area (Å²) in [5, 5.41) is 0. The fourth-order valence-electron chi connectivity index (χ4n) is 1.78. The van der Waals surface area contributed by atoms with Gasteiger partial charge in [0, 0.05) is 22.7 Å². The van der Waals surface area contributed by atoms with Crippen LogP contribution in [0.2, 0.25) is 0 Å². The Morgan fingerprint density at radius 3 is 2.25 bits per heavy atom. The van der Waals surface area contributed by atoms with E-state index in [0.717, 1.165) is 5.82 Å². The molecule has 0 bridgehead atoms. The van der Waals surface area contributed by atoms with Gasteiger partial charge in [-0.3, -0.25) is 0 Å². The minimum absolute atomic E-state index is 0.159. The number of rotatable bonds is 4. The minimum atomic E-state index is 0.159. The summed E-state index contributed by atoms with van der Waals surface area (Å²) in [5.41, 5.74) is 1.55.